The summed E-state index contributed by atoms with van der Waals surface area (Å²) < 4.78 is 4.74. The van der Waals surface area contributed by atoms with Gasteiger partial charge in [0.25, 0.3) is 5.24 Å². The average molecular weight is 370 g/mol. The van der Waals surface area contributed by atoms with Crippen LogP contribution >= 0.6 is 11.6 Å². The van der Waals surface area contributed by atoms with Crippen LogP contribution < -0.4 is 4.90 Å². The molecule has 1 aliphatic heterocycles. The SMILES string of the molecule is COC(=O)c1ccc2c(c1)CCN2/C=C(/C(=O)C(=O)Cl)c1ccccc1. The van der Waals surface area contributed by atoms with Gasteiger partial charge in [0.15, 0.2) is 0 Å². The van der Waals surface area contributed by atoms with Crippen LogP contribution in [0.25, 0.3) is 5.57 Å². The summed E-state index contributed by atoms with van der Waals surface area (Å²) in [6.07, 6.45) is 2.35. The number of carbonyl (C=O) groups excluding carboxylic acids is 3. The van der Waals surface area contributed by atoms with E-state index in [1.807, 2.05) is 11.0 Å². The Morgan fingerprint density at radius 1 is 1.08 bits per heavy atom. The van der Waals surface area contributed by atoms with Crippen molar-refractivity contribution < 1.29 is 19.1 Å². The van der Waals surface area contributed by atoms with Crippen molar-refractivity contribution in [1.82, 2.24) is 0 Å². The maximum Gasteiger partial charge on any atom is 0.337 e. The minimum Gasteiger partial charge on any atom is -0.465 e. The van der Waals surface area contributed by atoms with Gasteiger partial charge in [0, 0.05) is 18.4 Å². The number of hydrogen-bond donors (Lipinski definition) is 0. The minimum atomic E-state index is -1.03. The third kappa shape index (κ3) is 3.53. The molecule has 0 saturated carbocycles. The average Bonchev–Trinajstić information content (AvgIpc) is 3.07. The molecule has 1 aliphatic rings. The second kappa shape index (κ2) is 7.54. The molecule has 2 aromatic rings. The first kappa shape index (κ1) is 17.9. The Bertz CT molecular complexity index is 905. The first-order valence-electron chi connectivity index (χ1n) is 8.00. The fourth-order valence-electron chi connectivity index (χ4n) is 2.95. The van der Waals surface area contributed by atoms with E-state index < -0.39 is 17.0 Å². The Morgan fingerprint density at radius 3 is 2.46 bits per heavy atom. The van der Waals surface area contributed by atoms with E-state index in [2.05, 4.69) is 0 Å². The van der Waals surface area contributed by atoms with Gasteiger partial charge in [0.1, 0.15) is 0 Å². The minimum absolute atomic E-state index is 0.232. The lowest BCUT2D eigenvalue weighted by Crippen LogP contribution is -2.17. The number of esters is 1. The van der Waals surface area contributed by atoms with Crippen LogP contribution in [0, 0.1) is 0 Å². The number of ether oxygens (including phenoxy) is 1. The maximum absolute atomic E-state index is 12.3. The molecule has 0 aliphatic carbocycles. The van der Waals surface area contributed by atoms with Crippen molar-refractivity contribution in [1.29, 1.82) is 0 Å². The number of Topliss-reactive ketones (excluding diaryl/α,β-unsaturated/α-hetero) is 1. The first-order valence-corrected chi connectivity index (χ1v) is 8.38. The number of rotatable bonds is 5. The largest absolute Gasteiger partial charge is 0.465 e. The standard InChI is InChI=1S/C20H16ClNO4/c1-26-20(25)15-7-8-17-14(11-15)9-10-22(17)12-16(18(23)19(21)24)13-5-3-2-4-6-13/h2-8,11-12H,9-10H2,1H3/b16-12+. The summed E-state index contributed by atoms with van der Waals surface area (Å²) in [5, 5.41) is -1.03. The monoisotopic (exact) mass is 369 g/mol. The second-order valence-electron chi connectivity index (χ2n) is 5.79. The fraction of sp³-hybridized carbons (Fsp3) is 0.150. The second-order valence-corrected chi connectivity index (χ2v) is 6.13. The highest BCUT2D eigenvalue weighted by Crippen LogP contribution is 2.31. The smallest absolute Gasteiger partial charge is 0.337 e. The van der Waals surface area contributed by atoms with Crippen LogP contribution in [0.4, 0.5) is 5.69 Å². The molecule has 0 spiro atoms. The summed E-state index contributed by atoms with van der Waals surface area (Å²) in [7, 11) is 1.34. The van der Waals surface area contributed by atoms with Crippen LogP contribution in [-0.4, -0.2) is 30.6 Å². The number of halogens is 1. The Morgan fingerprint density at radius 2 is 1.81 bits per heavy atom. The molecule has 26 heavy (non-hydrogen) atoms. The molecule has 0 saturated heterocycles. The normalized spacial score (nSPS) is 13.3. The predicted octanol–water partition coefficient (Wildman–Crippen LogP) is 3.21. The van der Waals surface area contributed by atoms with Gasteiger partial charge in [-0.25, -0.2) is 4.79 Å². The number of benzene rings is 2. The third-order valence-corrected chi connectivity index (χ3v) is 4.40. The lowest BCUT2D eigenvalue weighted by atomic mass is 10.0. The number of methoxy groups -OCH3 is 1. The van der Waals surface area contributed by atoms with E-state index >= 15 is 0 Å². The molecule has 2 aromatic carbocycles. The van der Waals surface area contributed by atoms with Crippen LogP contribution in [0.5, 0.6) is 0 Å². The molecule has 6 heteroatoms. The van der Waals surface area contributed by atoms with E-state index in [0.717, 1.165) is 11.3 Å². The van der Waals surface area contributed by atoms with Gasteiger partial charge in [-0.2, -0.15) is 0 Å². The van der Waals surface area contributed by atoms with E-state index in [4.69, 9.17) is 16.3 Å². The van der Waals surface area contributed by atoms with Crippen LogP contribution in [0.1, 0.15) is 21.5 Å². The summed E-state index contributed by atoms with van der Waals surface area (Å²) in [4.78, 5) is 37.3. The van der Waals surface area contributed by atoms with E-state index in [9.17, 15) is 14.4 Å². The summed E-state index contributed by atoms with van der Waals surface area (Å²) in [5.74, 6) is -1.15. The highest BCUT2D eigenvalue weighted by atomic mass is 35.5. The summed E-state index contributed by atoms with van der Waals surface area (Å²) >= 11 is 5.43. The van der Waals surface area contributed by atoms with E-state index in [-0.39, 0.29) is 5.57 Å². The van der Waals surface area contributed by atoms with Crippen LogP contribution in [0.3, 0.4) is 0 Å². The van der Waals surface area contributed by atoms with Crippen LogP contribution in [0.2, 0.25) is 0 Å². The quantitative estimate of drug-likeness (QED) is 0.350. The third-order valence-electron chi connectivity index (χ3n) is 4.22. The molecule has 3 rings (SSSR count). The molecule has 0 fully saturated rings. The van der Waals surface area contributed by atoms with Gasteiger partial charge < -0.3 is 9.64 Å². The molecule has 0 aromatic heterocycles. The van der Waals surface area contributed by atoms with E-state index in [1.54, 1.807) is 48.7 Å². The number of allylic oxidation sites excluding steroid dienone is 1. The zero-order valence-corrected chi connectivity index (χ0v) is 14.8. The molecule has 0 amide bonds. The van der Waals surface area contributed by atoms with E-state index in [0.29, 0.717) is 24.1 Å². The molecule has 0 radical (unpaired) electrons. The van der Waals surface area contributed by atoms with Gasteiger partial charge in [-0.3, -0.25) is 9.59 Å². The van der Waals surface area contributed by atoms with Gasteiger partial charge in [-0.15, -0.1) is 0 Å². The van der Waals surface area contributed by atoms with Gasteiger partial charge in [0.05, 0.1) is 18.2 Å². The number of carbonyl (C=O) groups is 3. The molecule has 5 nitrogen and oxygen atoms in total. The van der Waals surface area contributed by atoms with Gasteiger partial charge in [-0.1, -0.05) is 30.3 Å². The molecule has 0 N–H and O–H groups in total. The van der Waals surface area contributed by atoms with Crippen LogP contribution in [0.15, 0.2) is 54.7 Å². The van der Waals surface area contributed by atoms with Crippen LogP contribution in [-0.2, 0) is 20.7 Å². The molecule has 0 unspecified atom stereocenters. The lowest BCUT2D eigenvalue weighted by molar-refractivity contribution is -0.128. The number of hydrogen-bond acceptors (Lipinski definition) is 5. The highest BCUT2D eigenvalue weighted by molar-refractivity contribution is 6.86. The fourth-order valence-corrected chi connectivity index (χ4v) is 3.05. The zero-order valence-electron chi connectivity index (χ0n) is 14.1. The topological polar surface area (TPSA) is 63.7 Å². The molecular formula is C20H16ClNO4. The van der Waals surface area contributed by atoms with Crippen molar-refractivity contribution in [2.45, 2.75) is 6.42 Å². The van der Waals surface area contributed by atoms with Gasteiger partial charge >= 0.3 is 5.97 Å². The molecule has 0 atom stereocenters. The zero-order chi connectivity index (χ0) is 18.7. The highest BCUT2D eigenvalue weighted by Gasteiger charge is 2.24. The number of ketones is 1. The summed E-state index contributed by atoms with van der Waals surface area (Å²) in [6, 6.07) is 14.2. The number of anilines is 1. The van der Waals surface area contributed by atoms with Gasteiger partial charge in [0.2, 0.25) is 5.78 Å². The Kier molecular flexibility index (Phi) is 5.19. The van der Waals surface area contributed by atoms with Crippen molar-refractivity contribution in [2.24, 2.45) is 0 Å². The Labute approximate surface area is 155 Å². The lowest BCUT2D eigenvalue weighted by Gasteiger charge is -2.17. The predicted molar refractivity (Wildman–Crippen MR) is 99.1 cm³/mol. The van der Waals surface area contributed by atoms with E-state index in [1.165, 1.54) is 7.11 Å². The molecule has 132 valence electrons. The van der Waals surface area contributed by atoms with Crippen molar-refractivity contribution >= 4 is 39.9 Å². The van der Waals surface area contributed by atoms with Crippen molar-refractivity contribution in [3.05, 3.63) is 71.4 Å². The van der Waals surface area contributed by atoms with Crippen molar-refractivity contribution in [3.8, 4) is 0 Å². The Hall–Kier alpha value is -2.92. The van der Waals surface area contributed by atoms with Crippen molar-refractivity contribution in [3.63, 3.8) is 0 Å². The number of fused-ring (bicyclic) bond motifs is 1. The maximum atomic E-state index is 12.3. The Balaban J connectivity index is 2.00. The molecular weight excluding hydrogens is 354 g/mol. The molecule has 1 heterocycles. The summed E-state index contributed by atoms with van der Waals surface area (Å²) in [6.45, 7) is 0.625. The first-order chi connectivity index (χ1) is 12.5. The van der Waals surface area contributed by atoms with Gasteiger partial charge in [-0.05, 0) is 47.3 Å². The number of nitrogens with zero attached hydrogens (tertiary/aromatic N) is 1. The van der Waals surface area contributed by atoms with Crippen molar-refractivity contribution in [2.75, 3.05) is 18.6 Å². The summed E-state index contributed by atoms with van der Waals surface area (Å²) in [5.41, 5.74) is 3.18. The molecule has 0 bridgehead atoms.